The van der Waals surface area contributed by atoms with Crippen molar-refractivity contribution in [1.29, 1.82) is 0 Å². The lowest BCUT2D eigenvalue weighted by Gasteiger charge is -2.38. The fraction of sp³-hybridized carbons (Fsp3) is 0.357. The normalized spacial score (nSPS) is 17.6. The second-order valence-electron chi connectivity index (χ2n) is 9.32. The lowest BCUT2D eigenvalue weighted by molar-refractivity contribution is -0.141. The van der Waals surface area contributed by atoms with E-state index in [2.05, 4.69) is 15.0 Å². The maximum Gasteiger partial charge on any atom is 0.246 e. The Labute approximate surface area is 211 Å². The number of amides is 2. The highest BCUT2D eigenvalue weighted by Gasteiger charge is 2.31. The van der Waals surface area contributed by atoms with E-state index >= 15 is 0 Å². The first-order chi connectivity index (χ1) is 17.7. The molecule has 0 spiro atoms. The minimum absolute atomic E-state index is 0.00909. The number of rotatable bonds is 6. The van der Waals surface area contributed by atoms with Crippen LogP contribution in [0, 0.1) is 5.92 Å². The first kappa shape index (κ1) is 23.9. The molecule has 2 amide bonds. The van der Waals surface area contributed by atoms with Crippen molar-refractivity contribution in [3.05, 3.63) is 78.2 Å². The monoisotopic (exact) mass is 485 g/mol. The SMILES string of the molecule is O=C(/C=C/c1ccccc1)N1CCC(C(=O)N2CCN(Cc3nc(-c4ccccc4)no3)CC2)CC1. The van der Waals surface area contributed by atoms with Crippen molar-refractivity contribution >= 4 is 17.9 Å². The molecule has 36 heavy (non-hydrogen) atoms. The predicted molar refractivity (Wildman–Crippen MR) is 136 cm³/mol. The van der Waals surface area contributed by atoms with Crippen molar-refractivity contribution < 1.29 is 14.1 Å². The van der Waals surface area contributed by atoms with Crippen LogP contribution in [0.15, 0.2) is 71.3 Å². The van der Waals surface area contributed by atoms with Gasteiger partial charge >= 0.3 is 0 Å². The highest BCUT2D eigenvalue weighted by Crippen LogP contribution is 2.22. The summed E-state index contributed by atoms with van der Waals surface area (Å²) in [6.45, 7) is 4.76. The van der Waals surface area contributed by atoms with Crippen molar-refractivity contribution in [3.63, 3.8) is 0 Å². The predicted octanol–water partition coefficient (Wildman–Crippen LogP) is 3.33. The summed E-state index contributed by atoms with van der Waals surface area (Å²) in [6, 6.07) is 19.6. The molecule has 8 heteroatoms. The summed E-state index contributed by atoms with van der Waals surface area (Å²) in [5, 5.41) is 4.09. The Balaban J connectivity index is 1.05. The molecule has 2 fully saturated rings. The third kappa shape index (κ3) is 5.88. The molecule has 2 aliphatic rings. The van der Waals surface area contributed by atoms with Crippen LogP contribution in [0.3, 0.4) is 0 Å². The van der Waals surface area contributed by atoms with E-state index in [0.717, 1.165) is 24.2 Å². The molecule has 8 nitrogen and oxygen atoms in total. The van der Waals surface area contributed by atoms with E-state index in [1.54, 1.807) is 6.08 Å². The number of carbonyl (C=O) groups is 2. The lowest BCUT2D eigenvalue weighted by Crippen LogP contribution is -2.51. The summed E-state index contributed by atoms with van der Waals surface area (Å²) in [5.74, 6) is 1.40. The Hall–Kier alpha value is -3.78. The zero-order chi connectivity index (χ0) is 24.7. The molecule has 2 aromatic carbocycles. The van der Waals surface area contributed by atoms with E-state index in [4.69, 9.17) is 4.52 Å². The van der Waals surface area contributed by atoms with Gasteiger partial charge in [0.1, 0.15) is 0 Å². The van der Waals surface area contributed by atoms with Crippen LogP contribution in [0.1, 0.15) is 24.3 Å². The Morgan fingerprint density at radius 2 is 1.53 bits per heavy atom. The van der Waals surface area contributed by atoms with Crippen molar-refractivity contribution in [2.45, 2.75) is 19.4 Å². The Morgan fingerprint density at radius 1 is 0.861 bits per heavy atom. The van der Waals surface area contributed by atoms with Crippen LogP contribution in [0.4, 0.5) is 0 Å². The van der Waals surface area contributed by atoms with E-state index in [0.29, 0.717) is 57.3 Å². The third-order valence-electron chi connectivity index (χ3n) is 6.92. The van der Waals surface area contributed by atoms with Crippen LogP contribution in [0.2, 0.25) is 0 Å². The zero-order valence-corrected chi connectivity index (χ0v) is 20.3. The van der Waals surface area contributed by atoms with Gasteiger partial charge in [-0.05, 0) is 24.5 Å². The lowest BCUT2D eigenvalue weighted by atomic mass is 9.95. The van der Waals surface area contributed by atoms with Gasteiger partial charge in [-0.3, -0.25) is 14.5 Å². The van der Waals surface area contributed by atoms with Crippen LogP contribution in [-0.4, -0.2) is 75.9 Å². The number of aromatic nitrogens is 2. The maximum atomic E-state index is 13.1. The van der Waals surface area contributed by atoms with Crippen molar-refractivity contribution in [2.24, 2.45) is 5.92 Å². The van der Waals surface area contributed by atoms with Crippen LogP contribution in [0.25, 0.3) is 17.5 Å². The summed E-state index contributed by atoms with van der Waals surface area (Å²) in [5.41, 5.74) is 1.94. The zero-order valence-electron chi connectivity index (χ0n) is 20.3. The summed E-state index contributed by atoms with van der Waals surface area (Å²) >= 11 is 0. The van der Waals surface area contributed by atoms with Gasteiger partial charge in [0.15, 0.2) is 0 Å². The number of benzene rings is 2. The first-order valence-corrected chi connectivity index (χ1v) is 12.6. The molecular weight excluding hydrogens is 454 g/mol. The van der Waals surface area contributed by atoms with Gasteiger partial charge in [-0.15, -0.1) is 0 Å². The minimum atomic E-state index is -0.0110. The number of hydrogen-bond donors (Lipinski definition) is 0. The summed E-state index contributed by atoms with van der Waals surface area (Å²) in [4.78, 5) is 36.2. The van der Waals surface area contributed by atoms with Crippen molar-refractivity contribution in [1.82, 2.24) is 24.8 Å². The molecule has 2 saturated heterocycles. The summed E-state index contributed by atoms with van der Waals surface area (Å²) in [6.07, 6.45) is 4.90. The topological polar surface area (TPSA) is 82.8 Å². The van der Waals surface area contributed by atoms with E-state index in [-0.39, 0.29) is 17.7 Å². The molecular formula is C28H31N5O3. The van der Waals surface area contributed by atoms with Gasteiger partial charge in [-0.25, -0.2) is 0 Å². The molecule has 0 unspecified atom stereocenters. The Kier molecular flexibility index (Phi) is 7.52. The molecule has 2 aliphatic heterocycles. The molecule has 1 aromatic heterocycles. The number of piperazine rings is 1. The highest BCUT2D eigenvalue weighted by atomic mass is 16.5. The first-order valence-electron chi connectivity index (χ1n) is 12.6. The van der Waals surface area contributed by atoms with Gasteiger partial charge in [0.05, 0.1) is 6.54 Å². The number of piperidine rings is 1. The smallest absolute Gasteiger partial charge is 0.246 e. The third-order valence-corrected chi connectivity index (χ3v) is 6.92. The standard InChI is InChI=1S/C28H31N5O3/c34-26(12-11-22-7-3-1-4-8-22)32-15-13-24(14-16-32)28(35)33-19-17-31(18-20-33)21-25-29-27(30-36-25)23-9-5-2-6-10-23/h1-12,24H,13-21H2/b12-11+. The maximum absolute atomic E-state index is 13.1. The quantitative estimate of drug-likeness (QED) is 0.498. The second-order valence-corrected chi connectivity index (χ2v) is 9.32. The fourth-order valence-electron chi connectivity index (χ4n) is 4.78. The summed E-state index contributed by atoms with van der Waals surface area (Å²) < 4.78 is 5.44. The van der Waals surface area contributed by atoms with E-state index in [9.17, 15) is 9.59 Å². The number of carbonyl (C=O) groups excluding carboxylic acids is 2. The average molecular weight is 486 g/mol. The van der Waals surface area contributed by atoms with Crippen LogP contribution in [-0.2, 0) is 16.1 Å². The molecule has 0 saturated carbocycles. The molecule has 0 radical (unpaired) electrons. The van der Waals surface area contributed by atoms with E-state index in [1.165, 1.54) is 0 Å². The van der Waals surface area contributed by atoms with E-state index in [1.807, 2.05) is 76.5 Å². The van der Waals surface area contributed by atoms with Gasteiger partial charge in [-0.2, -0.15) is 4.98 Å². The average Bonchev–Trinajstić information content (AvgIpc) is 3.41. The van der Waals surface area contributed by atoms with Gasteiger partial charge in [0.2, 0.25) is 23.5 Å². The molecule has 3 aromatic rings. The van der Waals surface area contributed by atoms with Gasteiger partial charge in [0, 0.05) is 56.8 Å². The molecule has 0 aliphatic carbocycles. The Bertz CT molecular complexity index is 1180. The largest absolute Gasteiger partial charge is 0.340 e. The van der Waals surface area contributed by atoms with Crippen LogP contribution >= 0.6 is 0 Å². The molecule has 5 rings (SSSR count). The van der Waals surface area contributed by atoms with Crippen LogP contribution < -0.4 is 0 Å². The van der Waals surface area contributed by atoms with Gasteiger partial charge in [-0.1, -0.05) is 65.8 Å². The van der Waals surface area contributed by atoms with Crippen LogP contribution in [0.5, 0.6) is 0 Å². The molecule has 3 heterocycles. The number of hydrogen-bond acceptors (Lipinski definition) is 6. The van der Waals surface area contributed by atoms with Gasteiger partial charge < -0.3 is 14.3 Å². The highest BCUT2D eigenvalue weighted by molar-refractivity contribution is 5.92. The number of likely N-dealkylation sites (tertiary alicyclic amines) is 1. The number of nitrogens with zero attached hydrogens (tertiary/aromatic N) is 5. The fourth-order valence-corrected chi connectivity index (χ4v) is 4.78. The van der Waals surface area contributed by atoms with E-state index < -0.39 is 0 Å². The second kappa shape index (κ2) is 11.3. The van der Waals surface area contributed by atoms with Crippen molar-refractivity contribution in [2.75, 3.05) is 39.3 Å². The molecule has 0 bridgehead atoms. The minimum Gasteiger partial charge on any atom is -0.340 e. The van der Waals surface area contributed by atoms with Gasteiger partial charge in [0.25, 0.3) is 0 Å². The molecule has 0 atom stereocenters. The summed E-state index contributed by atoms with van der Waals surface area (Å²) in [7, 11) is 0. The Morgan fingerprint density at radius 3 is 2.22 bits per heavy atom. The molecule has 0 N–H and O–H groups in total. The molecule has 186 valence electrons. The van der Waals surface area contributed by atoms with Crippen molar-refractivity contribution in [3.8, 4) is 11.4 Å².